The molecule has 0 amide bonds. The van der Waals surface area contributed by atoms with Gasteiger partial charge in [-0.15, -0.1) is 11.3 Å². The molecule has 0 fully saturated rings. The molecule has 1 N–H and O–H groups in total. The molecule has 1 aromatic heterocycles. The van der Waals surface area contributed by atoms with Gasteiger partial charge < -0.3 is 5.32 Å². The fourth-order valence-electron chi connectivity index (χ4n) is 0.998. The van der Waals surface area contributed by atoms with Crippen molar-refractivity contribution in [2.24, 2.45) is 0 Å². The molecule has 0 atom stereocenters. The maximum Gasteiger partial charge on any atom is 0.182 e. The zero-order valence-corrected chi connectivity index (χ0v) is 8.98. The van der Waals surface area contributed by atoms with Crippen LogP contribution in [0.25, 0.3) is 0 Å². The Morgan fingerprint density at radius 1 is 1.38 bits per heavy atom. The Labute approximate surface area is 83.0 Å². The fraction of sp³-hybridized carbons (Fsp3) is 0.300. The molecule has 0 spiro atoms. The number of nitrogens with zero attached hydrogens (tertiary/aromatic N) is 1. The van der Waals surface area contributed by atoms with Crippen molar-refractivity contribution in [2.45, 2.75) is 13.8 Å². The highest BCUT2D eigenvalue weighted by molar-refractivity contribution is 7.15. The molecule has 1 rings (SSSR count). The summed E-state index contributed by atoms with van der Waals surface area (Å²) in [5.41, 5.74) is 1.24. The van der Waals surface area contributed by atoms with E-state index in [-0.39, 0.29) is 0 Å². The van der Waals surface area contributed by atoms with Crippen LogP contribution in [0.3, 0.4) is 0 Å². The van der Waals surface area contributed by atoms with Crippen molar-refractivity contribution in [3.8, 4) is 0 Å². The Hall–Kier alpha value is -1.09. The fourth-order valence-corrected chi connectivity index (χ4v) is 1.76. The summed E-state index contributed by atoms with van der Waals surface area (Å²) in [6.45, 7) is 4.17. The number of anilines is 1. The predicted molar refractivity (Wildman–Crippen MR) is 58.8 cm³/mol. The lowest BCUT2D eigenvalue weighted by atomic mass is 10.3. The van der Waals surface area contributed by atoms with E-state index in [2.05, 4.69) is 30.2 Å². The zero-order chi connectivity index (χ0) is 9.68. The van der Waals surface area contributed by atoms with Crippen LogP contribution >= 0.6 is 11.3 Å². The summed E-state index contributed by atoms with van der Waals surface area (Å²) >= 11 is 1.65. The molecule has 0 saturated carbocycles. The van der Waals surface area contributed by atoms with Crippen LogP contribution in [0.5, 0.6) is 0 Å². The van der Waals surface area contributed by atoms with Crippen molar-refractivity contribution < 1.29 is 0 Å². The molecule has 0 saturated heterocycles. The summed E-state index contributed by atoms with van der Waals surface area (Å²) in [5.74, 6) is 0. The summed E-state index contributed by atoms with van der Waals surface area (Å²) in [6.07, 6.45) is 1.80. The van der Waals surface area contributed by atoms with Gasteiger partial charge in [0.15, 0.2) is 5.13 Å². The number of aryl methyl sites for hydroxylation is 2. The van der Waals surface area contributed by atoms with Crippen LogP contribution in [0.15, 0.2) is 24.4 Å². The van der Waals surface area contributed by atoms with Crippen LogP contribution in [-0.4, -0.2) is 12.0 Å². The summed E-state index contributed by atoms with van der Waals surface area (Å²) in [4.78, 5) is 5.49. The van der Waals surface area contributed by atoms with Gasteiger partial charge in [0.1, 0.15) is 0 Å². The molecule has 0 aliphatic carbocycles. The van der Waals surface area contributed by atoms with Crippen molar-refractivity contribution in [3.63, 3.8) is 0 Å². The highest BCUT2D eigenvalue weighted by Crippen LogP contribution is 2.12. The van der Waals surface area contributed by atoms with Crippen molar-refractivity contribution >= 4 is 16.5 Å². The van der Waals surface area contributed by atoms with Gasteiger partial charge >= 0.3 is 0 Å². The molecule has 0 radical (unpaired) electrons. The monoisotopic (exact) mass is 194 g/mol. The third-order valence-electron chi connectivity index (χ3n) is 1.54. The highest BCUT2D eigenvalue weighted by atomic mass is 32.1. The molecule has 3 heteroatoms. The van der Waals surface area contributed by atoms with E-state index in [1.54, 1.807) is 17.5 Å². The lowest BCUT2D eigenvalue weighted by molar-refractivity contribution is 1.34. The maximum absolute atomic E-state index is 4.25. The Bertz CT molecular complexity index is 330. The van der Waals surface area contributed by atoms with E-state index in [9.17, 15) is 0 Å². The number of aromatic nitrogens is 1. The Morgan fingerprint density at radius 2 is 2.15 bits per heavy atom. The molecule has 0 aromatic carbocycles. The van der Waals surface area contributed by atoms with E-state index in [1.807, 2.05) is 19.2 Å². The maximum atomic E-state index is 4.25. The lowest BCUT2D eigenvalue weighted by Crippen LogP contribution is -1.85. The standard InChI is InChI=1S/C10H14N2S/c1-8-5-4-6-12-10(11-3)13-9(2)7-8/h4-7H,1-3H3,(H,11,12). The molecule has 0 aliphatic heterocycles. The van der Waals surface area contributed by atoms with Gasteiger partial charge in [-0.25, -0.2) is 4.98 Å². The first-order valence-electron chi connectivity index (χ1n) is 4.17. The highest BCUT2D eigenvalue weighted by Gasteiger charge is 1.87. The van der Waals surface area contributed by atoms with Gasteiger partial charge in [0, 0.05) is 18.1 Å². The van der Waals surface area contributed by atoms with Gasteiger partial charge in [0.25, 0.3) is 0 Å². The molecule has 0 aliphatic rings. The van der Waals surface area contributed by atoms with Gasteiger partial charge in [0.2, 0.25) is 0 Å². The molecule has 0 unspecified atom stereocenters. The third kappa shape index (κ3) is 3.42. The minimum atomic E-state index is 0.924. The summed E-state index contributed by atoms with van der Waals surface area (Å²) in [6, 6.07) is 6.14. The molecule has 13 heavy (non-hydrogen) atoms. The smallest absolute Gasteiger partial charge is 0.182 e. The van der Waals surface area contributed by atoms with Gasteiger partial charge in [-0.05, 0) is 26.0 Å². The third-order valence-corrected chi connectivity index (χ3v) is 2.48. The minimum Gasteiger partial charge on any atom is -0.365 e. The summed E-state index contributed by atoms with van der Waals surface area (Å²) < 4.78 is 0. The second-order valence-corrected chi connectivity index (χ2v) is 4.03. The molecule has 1 heterocycles. The lowest BCUT2D eigenvalue weighted by Gasteiger charge is -1.92. The molecule has 0 bridgehead atoms. The average Bonchev–Trinajstić information content (AvgIpc) is 2.16. The summed E-state index contributed by atoms with van der Waals surface area (Å²) in [7, 11) is 1.88. The Morgan fingerprint density at radius 3 is 2.85 bits per heavy atom. The molecular formula is C10H14N2S. The molecule has 2 nitrogen and oxygen atoms in total. The van der Waals surface area contributed by atoms with E-state index in [4.69, 9.17) is 0 Å². The zero-order valence-electron chi connectivity index (χ0n) is 8.16. The van der Waals surface area contributed by atoms with Crippen molar-refractivity contribution in [1.29, 1.82) is 0 Å². The van der Waals surface area contributed by atoms with Crippen LogP contribution in [0.2, 0.25) is 0 Å². The van der Waals surface area contributed by atoms with Crippen LogP contribution in [0, 0.1) is 13.8 Å². The molecule has 70 valence electrons. The second-order valence-electron chi connectivity index (χ2n) is 2.79. The number of rotatable bonds is 1. The van der Waals surface area contributed by atoms with Gasteiger partial charge in [-0.1, -0.05) is 11.6 Å². The van der Waals surface area contributed by atoms with Crippen LogP contribution < -0.4 is 5.32 Å². The van der Waals surface area contributed by atoms with Crippen molar-refractivity contribution in [3.05, 3.63) is 34.8 Å². The van der Waals surface area contributed by atoms with Crippen molar-refractivity contribution in [1.82, 2.24) is 4.98 Å². The second kappa shape index (κ2) is 4.82. The number of hydrogen-bond acceptors (Lipinski definition) is 3. The van der Waals surface area contributed by atoms with Gasteiger partial charge in [0.05, 0.1) is 0 Å². The minimum absolute atomic E-state index is 0.924. The first-order chi connectivity index (χ1) is 6.22. The normalized spacial score (nSPS) is 9.15. The largest absolute Gasteiger partial charge is 0.365 e. The average molecular weight is 194 g/mol. The van der Waals surface area contributed by atoms with Gasteiger partial charge in [-0.3, -0.25) is 0 Å². The summed E-state index contributed by atoms with van der Waals surface area (Å²) in [5, 5.41) is 3.97. The van der Waals surface area contributed by atoms with Crippen LogP contribution in [0.1, 0.15) is 10.4 Å². The first-order valence-corrected chi connectivity index (χ1v) is 4.99. The van der Waals surface area contributed by atoms with E-state index >= 15 is 0 Å². The molecule has 1 aromatic rings. The Balaban J connectivity index is 3.30. The van der Waals surface area contributed by atoms with E-state index in [0.29, 0.717) is 0 Å². The number of hydrogen-bond donors (Lipinski definition) is 1. The van der Waals surface area contributed by atoms with Crippen LogP contribution in [-0.2, 0) is 0 Å². The SMILES string of the molecule is CNc1ncccc(C)cc(C)s1. The Kier molecular flexibility index (Phi) is 3.71. The van der Waals surface area contributed by atoms with E-state index in [0.717, 1.165) is 5.13 Å². The quantitative estimate of drug-likeness (QED) is 0.743. The first kappa shape index (κ1) is 9.99. The van der Waals surface area contributed by atoms with Crippen LogP contribution in [0.4, 0.5) is 5.13 Å². The number of nitrogens with one attached hydrogen (secondary N) is 1. The predicted octanol–water partition coefficient (Wildman–Crippen LogP) is 2.93. The van der Waals surface area contributed by atoms with Gasteiger partial charge in [-0.2, -0.15) is 0 Å². The topological polar surface area (TPSA) is 24.9 Å². The van der Waals surface area contributed by atoms with E-state index in [1.165, 1.54) is 10.4 Å². The van der Waals surface area contributed by atoms with E-state index < -0.39 is 0 Å². The molecular weight excluding hydrogens is 180 g/mol. The van der Waals surface area contributed by atoms with Crippen molar-refractivity contribution in [2.75, 3.05) is 12.4 Å².